The summed E-state index contributed by atoms with van der Waals surface area (Å²) in [5, 5.41) is 2.59. The number of benzene rings is 4. The molecular formula is C63H63N. The van der Waals surface area contributed by atoms with Gasteiger partial charge in [-0.25, -0.2) is 0 Å². The number of allylic oxidation sites excluding steroid dienone is 17. The van der Waals surface area contributed by atoms with Crippen molar-refractivity contribution in [3.05, 3.63) is 262 Å². The van der Waals surface area contributed by atoms with E-state index in [0.29, 0.717) is 0 Å². The Morgan fingerprint density at radius 3 is 2.27 bits per heavy atom. The molecule has 1 fully saturated rings. The monoisotopic (exact) mass is 833 g/mol. The largest absolute Gasteiger partial charge is 0.318 e. The summed E-state index contributed by atoms with van der Waals surface area (Å²) in [6.07, 6.45) is 46.3. The van der Waals surface area contributed by atoms with Gasteiger partial charge in [-0.15, -0.1) is 6.58 Å². The Hall–Kier alpha value is -6.44. The van der Waals surface area contributed by atoms with E-state index in [1.807, 2.05) is 0 Å². The molecule has 1 spiro atoms. The number of hydrogen-bond acceptors (Lipinski definition) is 1. The van der Waals surface area contributed by atoms with Crippen LogP contribution >= 0.6 is 0 Å². The van der Waals surface area contributed by atoms with Gasteiger partial charge in [0.2, 0.25) is 0 Å². The lowest BCUT2D eigenvalue weighted by atomic mass is 9.69. The molecule has 0 bridgehead atoms. The summed E-state index contributed by atoms with van der Waals surface area (Å²) in [7, 11) is 0. The van der Waals surface area contributed by atoms with E-state index in [2.05, 4.69) is 220 Å². The molecule has 2 unspecified atom stereocenters. The van der Waals surface area contributed by atoms with E-state index < -0.39 is 0 Å². The van der Waals surface area contributed by atoms with Crippen molar-refractivity contribution in [2.24, 2.45) is 5.92 Å². The van der Waals surface area contributed by atoms with Crippen LogP contribution in [0.15, 0.2) is 224 Å². The standard InChI is InChI=1S/C63H63N/c1-5-48(50-37-39-51(40-38-50)57-30-16-15-24-49(57)6-2)25-23-43-64(56(7-3)44-53-45-62(41-21-10-22-42-62)60-33-19-17-32-59(53)60)47(4)35-36-52-46-63(54-26-11-8-12-27-54,55-28-13-9-14-29-55)61-34-20-18-31-58(52)61/h5-8,11-13,15-20,23-24,26-39,43-44,46,48H,1,4,9-10,14,21-22,25,40-42,45H2,2-3H3/b36-35-,43-23+,49-6-,53-44+,56-7+,57-51-. The molecule has 5 aliphatic rings. The van der Waals surface area contributed by atoms with E-state index in [-0.39, 0.29) is 16.7 Å². The molecule has 1 heteroatoms. The summed E-state index contributed by atoms with van der Waals surface area (Å²) in [5.74, 6) is 0.197. The number of nitrogens with zero attached hydrogens (tertiary/aromatic N) is 1. The first kappa shape index (κ1) is 42.8. The first-order valence-corrected chi connectivity index (χ1v) is 23.8. The maximum absolute atomic E-state index is 4.81. The van der Waals surface area contributed by atoms with Gasteiger partial charge in [-0.2, -0.15) is 0 Å². The van der Waals surface area contributed by atoms with Crippen molar-refractivity contribution in [3.8, 4) is 0 Å². The van der Waals surface area contributed by atoms with Crippen LogP contribution in [0.1, 0.15) is 106 Å². The van der Waals surface area contributed by atoms with Gasteiger partial charge in [-0.1, -0.05) is 202 Å². The van der Waals surface area contributed by atoms with Crippen molar-refractivity contribution in [3.63, 3.8) is 0 Å². The fraction of sp³-hybridized carbons (Fsp3) is 0.238. The summed E-state index contributed by atoms with van der Waals surface area (Å²) in [6, 6.07) is 37.9. The minimum Gasteiger partial charge on any atom is -0.318 e. The van der Waals surface area contributed by atoms with Gasteiger partial charge in [0.05, 0.1) is 5.41 Å². The van der Waals surface area contributed by atoms with E-state index in [9.17, 15) is 0 Å². The maximum atomic E-state index is 4.81. The second kappa shape index (κ2) is 19.1. The molecule has 64 heavy (non-hydrogen) atoms. The predicted molar refractivity (Wildman–Crippen MR) is 274 cm³/mol. The van der Waals surface area contributed by atoms with Crippen molar-refractivity contribution in [1.82, 2.24) is 4.90 Å². The third-order valence-corrected chi connectivity index (χ3v) is 14.6. The molecule has 0 N–H and O–H groups in total. The normalized spacial score (nSPS) is 22.4. The topological polar surface area (TPSA) is 3.24 Å². The molecular weight excluding hydrogens is 771 g/mol. The molecule has 4 aromatic carbocycles. The summed E-state index contributed by atoms with van der Waals surface area (Å²) in [6.45, 7) is 13.4. The fourth-order valence-corrected chi connectivity index (χ4v) is 11.3. The number of fused-ring (bicyclic) bond motifs is 3. The van der Waals surface area contributed by atoms with Gasteiger partial charge in [0.25, 0.3) is 0 Å². The zero-order valence-corrected chi connectivity index (χ0v) is 38.0. The van der Waals surface area contributed by atoms with Crippen LogP contribution in [0, 0.1) is 5.92 Å². The lowest BCUT2D eigenvalue weighted by Gasteiger charge is -2.34. The van der Waals surface area contributed by atoms with Crippen LogP contribution in [-0.2, 0) is 10.8 Å². The molecule has 0 aromatic heterocycles. The summed E-state index contributed by atoms with van der Waals surface area (Å²) in [4.78, 5) is 2.31. The van der Waals surface area contributed by atoms with Gasteiger partial charge in [-0.05, 0) is 142 Å². The molecule has 5 aliphatic carbocycles. The Morgan fingerprint density at radius 1 is 0.781 bits per heavy atom. The minimum atomic E-state index is -0.364. The number of rotatable bonds is 12. The molecule has 0 amide bonds. The summed E-state index contributed by atoms with van der Waals surface area (Å²) >= 11 is 0. The van der Waals surface area contributed by atoms with Gasteiger partial charge < -0.3 is 4.90 Å². The molecule has 4 aromatic rings. The quantitative estimate of drug-likeness (QED) is 0.102. The van der Waals surface area contributed by atoms with E-state index in [0.717, 1.165) is 43.5 Å². The SMILES string of the molecule is C=CC(C/C=C/N(C(=C)/C=C\C1=CC(C2=CCCC=C2)(c2ccccc2)c2ccccc21)C(/C=C1\CC2(CCCCC2)c2ccccc21)=C/C)C1=CC/C(=c2/cccc/c2=C/C)C=C1. The Morgan fingerprint density at radius 2 is 1.53 bits per heavy atom. The third-order valence-electron chi connectivity index (χ3n) is 14.6. The molecule has 0 heterocycles. The van der Waals surface area contributed by atoms with E-state index in [1.54, 1.807) is 5.56 Å². The summed E-state index contributed by atoms with van der Waals surface area (Å²) in [5.41, 5.74) is 15.5. The Kier molecular flexibility index (Phi) is 12.8. The van der Waals surface area contributed by atoms with Gasteiger partial charge in [0, 0.05) is 23.5 Å². The fourth-order valence-electron chi connectivity index (χ4n) is 11.3. The van der Waals surface area contributed by atoms with E-state index >= 15 is 0 Å². The van der Waals surface area contributed by atoms with Gasteiger partial charge in [0.1, 0.15) is 0 Å². The average Bonchev–Trinajstić information content (AvgIpc) is 3.85. The predicted octanol–water partition coefficient (Wildman–Crippen LogP) is 14.9. The van der Waals surface area contributed by atoms with Crippen molar-refractivity contribution in [2.75, 3.05) is 0 Å². The van der Waals surface area contributed by atoms with Crippen molar-refractivity contribution in [1.29, 1.82) is 0 Å². The van der Waals surface area contributed by atoms with E-state index in [1.165, 1.54) is 92.7 Å². The highest BCUT2D eigenvalue weighted by Gasteiger charge is 2.43. The molecule has 1 saturated carbocycles. The Bertz CT molecular complexity index is 2830. The van der Waals surface area contributed by atoms with Crippen LogP contribution in [0.3, 0.4) is 0 Å². The maximum Gasteiger partial charge on any atom is 0.0643 e. The number of hydrogen-bond donors (Lipinski definition) is 0. The van der Waals surface area contributed by atoms with Crippen LogP contribution in [0.4, 0.5) is 0 Å². The van der Waals surface area contributed by atoms with Crippen molar-refractivity contribution in [2.45, 2.75) is 88.9 Å². The van der Waals surface area contributed by atoms with Gasteiger partial charge >= 0.3 is 0 Å². The first-order valence-electron chi connectivity index (χ1n) is 23.8. The van der Waals surface area contributed by atoms with Crippen molar-refractivity contribution < 1.29 is 0 Å². The van der Waals surface area contributed by atoms with Crippen LogP contribution in [-0.4, -0.2) is 4.90 Å². The Labute approximate surface area is 383 Å². The van der Waals surface area contributed by atoms with Crippen molar-refractivity contribution >= 4 is 22.8 Å². The van der Waals surface area contributed by atoms with E-state index in [4.69, 9.17) is 6.58 Å². The minimum absolute atomic E-state index is 0.197. The van der Waals surface area contributed by atoms with Crippen LogP contribution in [0.2, 0.25) is 0 Å². The molecule has 0 saturated heterocycles. The lowest BCUT2D eigenvalue weighted by Crippen LogP contribution is -2.26. The zero-order chi connectivity index (χ0) is 43.9. The first-order chi connectivity index (χ1) is 31.5. The zero-order valence-electron chi connectivity index (χ0n) is 38.0. The molecule has 1 nitrogen and oxygen atoms in total. The molecule has 0 radical (unpaired) electrons. The Balaban J connectivity index is 1.06. The van der Waals surface area contributed by atoms with Crippen LogP contribution < -0.4 is 10.4 Å². The third kappa shape index (κ3) is 8.25. The molecule has 0 aliphatic heterocycles. The smallest absolute Gasteiger partial charge is 0.0643 e. The van der Waals surface area contributed by atoms with Gasteiger partial charge in [0.15, 0.2) is 0 Å². The highest BCUT2D eigenvalue weighted by molar-refractivity contribution is 5.87. The second-order valence-corrected chi connectivity index (χ2v) is 18.2. The summed E-state index contributed by atoms with van der Waals surface area (Å²) < 4.78 is 0. The second-order valence-electron chi connectivity index (χ2n) is 18.2. The average molecular weight is 834 g/mol. The van der Waals surface area contributed by atoms with Gasteiger partial charge in [-0.3, -0.25) is 0 Å². The van der Waals surface area contributed by atoms with Crippen LogP contribution in [0.5, 0.6) is 0 Å². The molecule has 9 rings (SSSR count). The highest BCUT2D eigenvalue weighted by atomic mass is 15.1. The van der Waals surface area contributed by atoms with Crippen LogP contribution in [0.25, 0.3) is 22.8 Å². The highest BCUT2D eigenvalue weighted by Crippen LogP contribution is 2.54. The molecule has 320 valence electrons. The lowest BCUT2D eigenvalue weighted by molar-refractivity contribution is 0.307. The molecule has 2 atom stereocenters.